The van der Waals surface area contributed by atoms with Gasteiger partial charge in [-0.05, 0) is 74.4 Å². The molecule has 0 aliphatic carbocycles. The lowest BCUT2D eigenvalue weighted by atomic mass is 10.1. The van der Waals surface area contributed by atoms with Gasteiger partial charge in [-0.25, -0.2) is 4.68 Å². The minimum atomic E-state index is -3.83. The first kappa shape index (κ1) is 31.9. The number of aromatic nitrogens is 4. The van der Waals surface area contributed by atoms with Crippen LogP contribution in [0, 0.1) is 6.92 Å². The van der Waals surface area contributed by atoms with Crippen molar-refractivity contribution in [2.24, 2.45) is 0 Å². The van der Waals surface area contributed by atoms with Gasteiger partial charge >= 0.3 is 7.60 Å². The van der Waals surface area contributed by atoms with Crippen LogP contribution < -0.4 is 10.9 Å². The van der Waals surface area contributed by atoms with Crippen LogP contribution in [0.15, 0.2) is 82.2 Å². The molecule has 0 saturated carbocycles. The molecule has 0 aliphatic rings. The molecule has 0 amide bonds. The first-order valence-corrected chi connectivity index (χ1v) is 16.8. The number of benzene rings is 3. The number of phenolic OH excluding ortho intramolecular Hbond substituents is 1. The molecule has 0 radical (unpaired) electrons. The lowest BCUT2D eigenvalue weighted by Crippen LogP contribution is -2.21. The zero-order valence-electron chi connectivity index (χ0n) is 24.4. The highest BCUT2D eigenvalue weighted by atomic mass is 79.9. The predicted octanol–water partition coefficient (Wildman–Crippen LogP) is 7.50. The Balaban J connectivity index is 1.45. The Morgan fingerprint density at radius 1 is 1.05 bits per heavy atom. The number of para-hydroxylation sites is 1. The van der Waals surface area contributed by atoms with E-state index in [1.54, 1.807) is 71.8 Å². The van der Waals surface area contributed by atoms with Gasteiger partial charge in [-0.15, -0.1) is 5.10 Å². The van der Waals surface area contributed by atoms with Crippen molar-refractivity contribution in [1.82, 2.24) is 19.6 Å². The van der Waals surface area contributed by atoms with Gasteiger partial charge in [0.05, 0.1) is 48.7 Å². The number of halogens is 2. The second-order valence-corrected chi connectivity index (χ2v) is 13.6. The minimum absolute atomic E-state index is 0.0884. The van der Waals surface area contributed by atoms with Gasteiger partial charge in [0.15, 0.2) is 5.78 Å². The maximum absolute atomic E-state index is 14.1. The van der Waals surface area contributed by atoms with E-state index < -0.39 is 13.4 Å². The van der Waals surface area contributed by atoms with Crippen LogP contribution in [-0.2, 0) is 26.7 Å². The summed E-state index contributed by atoms with van der Waals surface area (Å²) in [6.07, 6.45) is 1.77. The number of phenols is 1. The van der Waals surface area contributed by atoms with E-state index in [1.165, 1.54) is 6.07 Å². The Morgan fingerprint density at radius 3 is 2.52 bits per heavy atom. The molecule has 2 aromatic heterocycles. The number of hydrogen-bond donors (Lipinski definition) is 2. The zero-order chi connectivity index (χ0) is 31.4. The standard InChI is InChI=1S/C31H32BrClN5O5P/c1-4-42-44(41,43-5-2)31(34-27-9-7-6-8-26(27)33)25-15-21(10-13-29(25)39)17-37-18-23(35-36-37)19-38-28-12-11-22(32)16-24(28)20(3)14-30(38)40/h6-16,18,31,34,39H,4-5,17,19H2,1-3H3. The molecule has 1 unspecified atom stereocenters. The Morgan fingerprint density at radius 2 is 1.80 bits per heavy atom. The van der Waals surface area contributed by atoms with Crippen molar-refractivity contribution in [2.45, 2.75) is 39.6 Å². The summed E-state index contributed by atoms with van der Waals surface area (Å²) >= 11 is 9.92. The van der Waals surface area contributed by atoms with Gasteiger partial charge in [0.1, 0.15) is 11.4 Å². The van der Waals surface area contributed by atoms with Crippen LogP contribution in [0.4, 0.5) is 5.69 Å². The van der Waals surface area contributed by atoms with Crippen molar-refractivity contribution in [3.8, 4) is 5.75 Å². The Bertz CT molecular complexity index is 1900. The molecule has 0 saturated heterocycles. The number of aromatic hydroxyl groups is 1. The van der Waals surface area contributed by atoms with Crippen molar-refractivity contribution in [3.63, 3.8) is 0 Å². The number of fused-ring (bicyclic) bond motifs is 1. The largest absolute Gasteiger partial charge is 0.508 e. The van der Waals surface area contributed by atoms with E-state index >= 15 is 0 Å². The SMILES string of the molecule is CCOP(=O)(OCC)C(Nc1ccccc1Cl)c1cc(Cn2cc(Cn3c(=O)cc(C)c4cc(Br)ccc43)nn2)ccc1O. The van der Waals surface area contributed by atoms with Crippen LogP contribution in [0.25, 0.3) is 10.9 Å². The van der Waals surface area contributed by atoms with Gasteiger partial charge in [0.2, 0.25) is 0 Å². The summed E-state index contributed by atoms with van der Waals surface area (Å²) in [5, 5.41) is 24.1. The lowest BCUT2D eigenvalue weighted by Gasteiger charge is -2.29. The monoisotopic (exact) mass is 699 g/mol. The molecule has 2 heterocycles. The molecule has 0 spiro atoms. The third kappa shape index (κ3) is 6.92. The van der Waals surface area contributed by atoms with Gasteiger partial charge in [0, 0.05) is 21.5 Å². The van der Waals surface area contributed by atoms with Gasteiger partial charge < -0.3 is 24.0 Å². The maximum Gasteiger partial charge on any atom is 0.357 e. The molecule has 44 heavy (non-hydrogen) atoms. The van der Waals surface area contributed by atoms with E-state index in [2.05, 4.69) is 31.6 Å². The highest BCUT2D eigenvalue weighted by molar-refractivity contribution is 9.10. The number of hydrogen-bond acceptors (Lipinski definition) is 8. The normalized spacial score (nSPS) is 12.5. The van der Waals surface area contributed by atoms with Crippen molar-refractivity contribution >= 4 is 51.7 Å². The van der Waals surface area contributed by atoms with E-state index in [-0.39, 0.29) is 31.1 Å². The van der Waals surface area contributed by atoms with Crippen molar-refractivity contribution in [2.75, 3.05) is 18.5 Å². The molecule has 10 nitrogen and oxygen atoms in total. The smallest absolute Gasteiger partial charge is 0.357 e. The second-order valence-electron chi connectivity index (χ2n) is 10.1. The fourth-order valence-corrected chi connectivity index (χ4v) is 7.53. The summed E-state index contributed by atoms with van der Waals surface area (Å²) < 4.78 is 29.7. The van der Waals surface area contributed by atoms with Gasteiger partial charge in [-0.1, -0.05) is 50.9 Å². The van der Waals surface area contributed by atoms with Crippen molar-refractivity contribution in [3.05, 3.63) is 115 Å². The fourth-order valence-electron chi connectivity index (χ4n) is 5.04. The van der Waals surface area contributed by atoms with Crippen LogP contribution in [0.2, 0.25) is 5.02 Å². The number of rotatable bonds is 12. The molecule has 3 aromatic carbocycles. The molecule has 5 rings (SSSR count). The first-order valence-electron chi connectivity index (χ1n) is 14.0. The second kappa shape index (κ2) is 13.7. The molecule has 2 N–H and O–H groups in total. The number of pyridine rings is 1. The fraction of sp³-hybridized carbons (Fsp3) is 0.258. The van der Waals surface area contributed by atoms with Crippen LogP contribution in [0.1, 0.15) is 42.0 Å². The third-order valence-corrected chi connectivity index (χ3v) is 10.1. The van der Waals surface area contributed by atoms with Crippen LogP contribution in [0.3, 0.4) is 0 Å². The van der Waals surface area contributed by atoms with Crippen LogP contribution in [-0.4, -0.2) is 37.9 Å². The maximum atomic E-state index is 14.1. The average Bonchev–Trinajstić information content (AvgIpc) is 3.43. The van der Waals surface area contributed by atoms with Gasteiger partial charge in [-0.2, -0.15) is 0 Å². The van der Waals surface area contributed by atoms with Gasteiger partial charge in [0.25, 0.3) is 5.56 Å². The first-order chi connectivity index (χ1) is 21.1. The molecule has 0 bridgehead atoms. The zero-order valence-corrected chi connectivity index (χ0v) is 27.6. The quantitative estimate of drug-likeness (QED) is 0.129. The van der Waals surface area contributed by atoms with Crippen LogP contribution in [0.5, 0.6) is 5.75 Å². The number of anilines is 1. The topological polar surface area (TPSA) is 121 Å². The summed E-state index contributed by atoms with van der Waals surface area (Å²) in [7, 11) is -3.83. The van der Waals surface area contributed by atoms with Crippen LogP contribution >= 0.6 is 35.1 Å². The molecule has 0 aliphatic heterocycles. The Hall–Kier alpha value is -3.47. The number of nitrogens with one attached hydrogen (secondary N) is 1. The molecule has 0 fully saturated rings. The van der Waals surface area contributed by atoms with Crippen molar-refractivity contribution < 1.29 is 18.7 Å². The summed E-state index contributed by atoms with van der Waals surface area (Å²) in [5.41, 5.74) is 3.76. The Labute approximate surface area is 268 Å². The third-order valence-electron chi connectivity index (χ3n) is 7.02. The van der Waals surface area contributed by atoms with E-state index in [0.29, 0.717) is 28.5 Å². The Kier molecular flexibility index (Phi) is 9.92. The lowest BCUT2D eigenvalue weighted by molar-refractivity contribution is 0.213. The molecule has 230 valence electrons. The molecular weight excluding hydrogens is 669 g/mol. The summed E-state index contributed by atoms with van der Waals surface area (Å²) in [5.74, 6) is -1.15. The molecule has 13 heteroatoms. The number of nitrogens with zero attached hydrogens (tertiary/aromatic N) is 4. The van der Waals surface area contributed by atoms with Crippen molar-refractivity contribution in [1.29, 1.82) is 0 Å². The van der Waals surface area contributed by atoms with Gasteiger partial charge in [-0.3, -0.25) is 9.36 Å². The van der Waals surface area contributed by atoms with E-state index in [0.717, 1.165) is 26.5 Å². The van der Waals surface area contributed by atoms with E-state index in [1.807, 2.05) is 25.1 Å². The summed E-state index contributed by atoms with van der Waals surface area (Å²) in [6.45, 7) is 6.18. The molecule has 5 aromatic rings. The summed E-state index contributed by atoms with van der Waals surface area (Å²) in [4.78, 5) is 12.9. The van der Waals surface area contributed by atoms with E-state index in [9.17, 15) is 14.5 Å². The summed E-state index contributed by atoms with van der Waals surface area (Å²) in [6, 6.07) is 19.5. The predicted molar refractivity (Wildman–Crippen MR) is 176 cm³/mol. The highest BCUT2D eigenvalue weighted by Crippen LogP contribution is 2.62. The highest BCUT2D eigenvalue weighted by Gasteiger charge is 2.39. The minimum Gasteiger partial charge on any atom is -0.508 e. The number of aryl methyl sites for hydroxylation is 1. The molecule has 1 atom stereocenters. The average molecular weight is 701 g/mol. The molecular formula is C31H32BrClN5O5P. The van der Waals surface area contributed by atoms with E-state index in [4.69, 9.17) is 20.6 Å².